The molecule has 0 unspecified atom stereocenters. The Balaban J connectivity index is 1.53. The third-order valence-electron chi connectivity index (χ3n) is 5.77. The summed E-state index contributed by atoms with van der Waals surface area (Å²) in [4.78, 5) is 22.3. The summed E-state index contributed by atoms with van der Waals surface area (Å²) in [6, 6.07) is 11.7. The molecule has 0 amide bonds. The fourth-order valence-electron chi connectivity index (χ4n) is 4.05. The van der Waals surface area contributed by atoms with Crippen molar-refractivity contribution in [3.8, 4) is 11.3 Å². The highest BCUT2D eigenvalue weighted by Gasteiger charge is 2.14. The van der Waals surface area contributed by atoms with Gasteiger partial charge in [-0.15, -0.1) is 0 Å². The van der Waals surface area contributed by atoms with Gasteiger partial charge in [0, 0.05) is 49.9 Å². The normalized spacial score (nSPS) is 15.9. The van der Waals surface area contributed by atoms with Gasteiger partial charge >= 0.3 is 0 Å². The summed E-state index contributed by atoms with van der Waals surface area (Å²) in [7, 11) is 4.07. The minimum atomic E-state index is -0.0647. The lowest BCUT2D eigenvalue weighted by Crippen LogP contribution is -2.29. The van der Waals surface area contributed by atoms with Gasteiger partial charge in [-0.05, 0) is 44.3 Å². The van der Waals surface area contributed by atoms with Crippen LogP contribution in [0.3, 0.4) is 0 Å². The fraction of sp³-hybridized carbons (Fsp3) is 0.318. The van der Waals surface area contributed by atoms with Crippen LogP contribution in [0.5, 0.6) is 0 Å². The summed E-state index contributed by atoms with van der Waals surface area (Å²) in [5.74, 6) is 0. The van der Waals surface area contributed by atoms with Crippen molar-refractivity contribution in [2.75, 3.05) is 38.1 Å². The molecule has 5 rings (SSSR count). The third-order valence-corrected chi connectivity index (χ3v) is 5.77. The molecule has 0 radical (unpaired) electrons. The standard InChI is InChI=1S/C22H24N6O/c1-25-8-3-9-27(11-10-25)18-5-7-21-24-19(13-22(29)28(21)15-18)16-4-6-20-17(12-16)14-23-26(20)2/h4-7,12-15H,3,8-11H2,1-2H3. The van der Waals surface area contributed by atoms with Crippen molar-refractivity contribution in [3.63, 3.8) is 0 Å². The molecule has 1 aliphatic heterocycles. The van der Waals surface area contributed by atoms with Crippen LogP contribution in [0.15, 0.2) is 53.6 Å². The molecule has 0 N–H and O–H groups in total. The number of hydrogen-bond donors (Lipinski definition) is 0. The van der Waals surface area contributed by atoms with E-state index in [2.05, 4.69) is 28.0 Å². The largest absolute Gasteiger partial charge is 0.369 e. The zero-order chi connectivity index (χ0) is 20.0. The van der Waals surface area contributed by atoms with Gasteiger partial charge in [-0.1, -0.05) is 6.07 Å². The Bertz CT molecular complexity index is 1260. The van der Waals surface area contributed by atoms with E-state index in [1.165, 1.54) is 0 Å². The molecule has 0 aliphatic carbocycles. The van der Waals surface area contributed by atoms with Crippen LogP contribution in [0.2, 0.25) is 0 Å². The molecule has 0 saturated carbocycles. The van der Waals surface area contributed by atoms with Gasteiger partial charge in [0.2, 0.25) is 0 Å². The second-order valence-electron chi connectivity index (χ2n) is 7.78. The second kappa shape index (κ2) is 7.00. The maximum absolute atomic E-state index is 12.9. The lowest BCUT2D eigenvalue weighted by Gasteiger charge is -2.23. The highest BCUT2D eigenvalue weighted by molar-refractivity contribution is 5.84. The predicted molar refractivity (Wildman–Crippen MR) is 115 cm³/mol. The van der Waals surface area contributed by atoms with Crippen molar-refractivity contribution in [2.24, 2.45) is 7.05 Å². The Morgan fingerprint density at radius 3 is 2.76 bits per heavy atom. The molecule has 1 fully saturated rings. The van der Waals surface area contributed by atoms with E-state index in [1.807, 2.05) is 48.4 Å². The van der Waals surface area contributed by atoms with Crippen molar-refractivity contribution in [3.05, 3.63) is 59.1 Å². The zero-order valence-corrected chi connectivity index (χ0v) is 16.7. The summed E-state index contributed by atoms with van der Waals surface area (Å²) >= 11 is 0. The minimum absolute atomic E-state index is 0.0647. The van der Waals surface area contributed by atoms with E-state index < -0.39 is 0 Å². The molecule has 3 aromatic heterocycles. The molecule has 4 heterocycles. The van der Waals surface area contributed by atoms with Gasteiger partial charge in [0.05, 0.1) is 23.1 Å². The van der Waals surface area contributed by atoms with E-state index in [-0.39, 0.29) is 5.56 Å². The topological polar surface area (TPSA) is 58.7 Å². The van der Waals surface area contributed by atoms with Crippen molar-refractivity contribution < 1.29 is 0 Å². The number of rotatable bonds is 2. The number of anilines is 1. The first-order chi connectivity index (χ1) is 14.1. The second-order valence-corrected chi connectivity index (χ2v) is 7.78. The van der Waals surface area contributed by atoms with E-state index >= 15 is 0 Å². The Morgan fingerprint density at radius 2 is 1.86 bits per heavy atom. The molecule has 0 bridgehead atoms. The fourth-order valence-corrected chi connectivity index (χ4v) is 4.05. The number of fused-ring (bicyclic) bond motifs is 2. The van der Waals surface area contributed by atoms with Crippen LogP contribution in [-0.4, -0.2) is 57.3 Å². The molecular formula is C22H24N6O. The summed E-state index contributed by atoms with van der Waals surface area (Å²) in [6.45, 7) is 4.10. The number of hydrogen-bond acceptors (Lipinski definition) is 5. The lowest BCUT2D eigenvalue weighted by atomic mass is 10.1. The van der Waals surface area contributed by atoms with Crippen LogP contribution in [0.1, 0.15) is 6.42 Å². The monoisotopic (exact) mass is 388 g/mol. The molecule has 1 saturated heterocycles. The van der Waals surface area contributed by atoms with Gasteiger partial charge in [-0.2, -0.15) is 5.10 Å². The summed E-state index contributed by atoms with van der Waals surface area (Å²) < 4.78 is 3.49. The average molecular weight is 388 g/mol. The first-order valence-corrected chi connectivity index (χ1v) is 9.97. The van der Waals surface area contributed by atoms with E-state index in [0.29, 0.717) is 11.3 Å². The van der Waals surface area contributed by atoms with Gasteiger partial charge in [-0.25, -0.2) is 4.98 Å². The van der Waals surface area contributed by atoms with Crippen LogP contribution < -0.4 is 10.5 Å². The van der Waals surface area contributed by atoms with Crippen molar-refractivity contribution in [1.82, 2.24) is 24.1 Å². The molecule has 4 aromatic rings. The van der Waals surface area contributed by atoms with Gasteiger partial charge < -0.3 is 9.80 Å². The minimum Gasteiger partial charge on any atom is -0.369 e. The van der Waals surface area contributed by atoms with Gasteiger partial charge in [0.25, 0.3) is 5.56 Å². The molecule has 148 valence electrons. The molecule has 7 heteroatoms. The van der Waals surface area contributed by atoms with Gasteiger partial charge in [0.15, 0.2) is 0 Å². The Morgan fingerprint density at radius 1 is 0.966 bits per heavy atom. The number of pyridine rings is 1. The predicted octanol–water partition coefficient (Wildman–Crippen LogP) is 2.39. The summed E-state index contributed by atoms with van der Waals surface area (Å²) in [6.07, 6.45) is 4.87. The zero-order valence-electron chi connectivity index (χ0n) is 16.7. The highest BCUT2D eigenvalue weighted by atomic mass is 16.1. The number of aromatic nitrogens is 4. The molecule has 7 nitrogen and oxygen atoms in total. The van der Waals surface area contributed by atoms with E-state index in [9.17, 15) is 4.79 Å². The summed E-state index contributed by atoms with van der Waals surface area (Å²) in [5, 5.41) is 5.32. The first-order valence-electron chi connectivity index (χ1n) is 9.97. The summed E-state index contributed by atoms with van der Waals surface area (Å²) in [5.41, 5.74) is 4.33. The van der Waals surface area contributed by atoms with E-state index in [4.69, 9.17) is 4.98 Å². The lowest BCUT2D eigenvalue weighted by molar-refractivity contribution is 0.360. The van der Waals surface area contributed by atoms with E-state index in [1.54, 1.807) is 10.5 Å². The Labute approximate surface area is 168 Å². The van der Waals surface area contributed by atoms with Crippen LogP contribution in [0, 0.1) is 0 Å². The molecule has 0 atom stereocenters. The number of aryl methyl sites for hydroxylation is 1. The molecule has 1 aromatic carbocycles. The van der Waals surface area contributed by atoms with Gasteiger partial charge in [0.1, 0.15) is 5.65 Å². The first kappa shape index (κ1) is 17.9. The SMILES string of the molecule is CN1CCCN(c2ccc3nc(-c4ccc5c(cnn5C)c4)cc(=O)n3c2)CC1. The Kier molecular flexibility index (Phi) is 4.32. The van der Waals surface area contributed by atoms with Crippen LogP contribution >= 0.6 is 0 Å². The maximum Gasteiger partial charge on any atom is 0.258 e. The highest BCUT2D eigenvalue weighted by Crippen LogP contribution is 2.23. The number of likely N-dealkylation sites (N-methyl/N-ethyl adjacent to an activating group) is 1. The Hall–Kier alpha value is -3.19. The van der Waals surface area contributed by atoms with Gasteiger partial charge in [-0.3, -0.25) is 13.9 Å². The number of benzene rings is 1. The van der Waals surface area contributed by atoms with E-state index in [0.717, 1.165) is 54.8 Å². The van der Waals surface area contributed by atoms with Crippen LogP contribution in [-0.2, 0) is 7.05 Å². The molecule has 29 heavy (non-hydrogen) atoms. The van der Waals surface area contributed by atoms with Crippen LogP contribution in [0.25, 0.3) is 27.8 Å². The van der Waals surface area contributed by atoms with Crippen molar-refractivity contribution in [1.29, 1.82) is 0 Å². The molecule has 0 spiro atoms. The third kappa shape index (κ3) is 3.27. The molecular weight excluding hydrogens is 364 g/mol. The maximum atomic E-state index is 12.9. The smallest absolute Gasteiger partial charge is 0.258 e. The van der Waals surface area contributed by atoms with Crippen LogP contribution in [0.4, 0.5) is 5.69 Å². The van der Waals surface area contributed by atoms with Crippen molar-refractivity contribution >= 4 is 22.2 Å². The number of nitrogens with zero attached hydrogens (tertiary/aromatic N) is 6. The van der Waals surface area contributed by atoms with Crippen molar-refractivity contribution in [2.45, 2.75) is 6.42 Å². The molecule has 1 aliphatic rings. The average Bonchev–Trinajstić information content (AvgIpc) is 2.96. The quantitative estimate of drug-likeness (QED) is 0.528.